The molecule has 0 aliphatic carbocycles. The van der Waals surface area contributed by atoms with Gasteiger partial charge in [0.2, 0.25) is 0 Å². The SMILES string of the molecule is COC(=O)c1ccc2c(c1)c1cc(C(=O)OC)ccc1n2S(=O)(=O)c1ccccc1. The molecule has 7 nitrogen and oxygen atoms in total. The second-order valence-electron chi connectivity index (χ2n) is 6.53. The van der Waals surface area contributed by atoms with E-state index < -0.39 is 22.0 Å². The molecule has 4 rings (SSSR count). The predicted octanol–water partition coefficient (Wildman–Crippen LogP) is 3.60. The molecule has 0 saturated carbocycles. The average Bonchev–Trinajstić information content (AvgIpc) is 3.12. The van der Waals surface area contributed by atoms with Crippen LogP contribution < -0.4 is 0 Å². The molecule has 0 atom stereocenters. The summed E-state index contributed by atoms with van der Waals surface area (Å²) in [6.45, 7) is 0. The number of aromatic nitrogens is 1. The average molecular weight is 423 g/mol. The molecule has 0 radical (unpaired) electrons. The molecule has 152 valence electrons. The molecule has 0 saturated heterocycles. The quantitative estimate of drug-likeness (QED) is 0.466. The van der Waals surface area contributed by atoms with Crippen LogP contribution in [0.2, 0.25) is 0 Å². The summed E-state index contributed by atoms with van der Waals surface area (Å²) < 4.78 is 37.7. The number of fused-ring (bicyclic) bond motifs is 3. The maximum Gasteiger partial charge on any atom is 0.337 e. The third-order valence-corrected chi connectivity index (χ3v) is 6.59. The molecule has 1 heterocycles. The third kappa shape index (κ3) is 3.02. The standard InChI is InChI=1S/C22H17NO6S/c1-28-21(24)14-8-10-19-17(12-14)18-13-15(22(25)29-2)9-11-20(18)23(19)30(26,27)16-6-4-3-5-7-16/h3-13H,1-2H3. The first kappa shape index (κ1) is 19.7. The molecule has 0 bridgehead atoms. The summed E-state index contributed by atoms with van der Waals surface area (Å²) in [5.74, 6) is -1.10. The van der Waals surface area contributed by atoms with Crippen LogP contribution in [0.15, 0.2) is 71.6 Å². The summed E-state index contributed by atoms with van der Waals surface area (Å²) in [6, 6.07) is 17.3. The summed E-state index contributed by atoms with van der Waals surface area (Å²) in [6.07, 6.45) is 0. The first-order valence-electron chi connectivity index (χ1n) is 8.94. The number of carbonyl (C=O) groups is 2. The lowest BCUT2D eigenvalue weighted by molar-refractivity contribution is 0.0592. The van der Waals surface area contributed by atoms with Gasteiger partial charge in [0, 0.05) is 10.8 Å². The van der Waals surface area contributed by atoms with Gasteiger partial charge in [-0.15, -0.1) is 0 Å². The molecular formula is C22H17NO6S. The molecule has 8 heteroatoms. The molecule has 3 aromatic carbocycles. The van der Waals surface area contributed by atoms with Gasteiger partial charge in [-0.25, -0.2) is 22.0 Å². The normalized spacial score (nSPS) is 11.5. The number of hydrogen-bond acceptors (Lipinski definition) is 6. The van der Waals surface area contributed by atoms with Gasteiger partial charge in [-0.05, 0) is 48.5 Å². The lowest BCUT2D eigenvalue weighted by Crippen LogP contribution is -2.12. The van der Waals surface area contributed by atoms with E-state index in [1.54, 1.807) is 42.5 Å². The van der Waals surface area contributed by atoms with Crippen molar-refractivity contribution in [2.75, 3.05) is 14.2 Å². The minimum Gasteiger partial charge on any atom is -0.465 e. The predicted molar refractivity (Wildman–Crippen MR) is 111 cm³/mol. The smallest absolute Gasteiger partial charge is 0.337 e. The van der Waals surface area contributed by atoms with Crippen LogP contribution >= 0.6 is 0 Å². The number of carbonyl (C=O) groups excluding carboxylic acids is 2. The van der Waals surface area contributed by atoms with Gasteiger partial charge in [0.1, 0.15) is 0 Å². The minimum absolute atomic E-state index is 0.123. The van der Waals surface area contributed by atoms with Gasteiger partial charge in [-0.1, -0.05) is 18.2 Å². The number of nitrogens with zero attached hydrogens (tertiary/aromatic N) is 1. The molecule has 0 amide bonds. The molecule has 0 N–H and O–H groups in total. The highest BCUT2D eigenvalue weighted by molar-refractivity contribution is 7.90. The summed E-state index contributed by atoms with van der Waals surface area (Å²) >= 11 is 0. The van der Waals surface area contributed by atoms with E-state index in [-0.39, 0.29) is 16.0 Å². The lowest BCUT2D eigenvalue weighted by atomic mass is 10.1. The summed E-state index contributed by atoms with van der Waals surface area (Å²) in [5.41, 5.74) is 1.29. The van der Waals surface area contributed by atoms with E-state index in [1.807, 2.05) is 0 Å². The van der Waals surface area contributed by atoms with Crippen molar-refractivity contribution in [1.82, 2.24) is 3.97 Å². The van der Waals surface area contributed by atoms with Gasteiger partial charge < -0.3 is 9.47 Å². The molecule has 4 aromatic rings. The van der Waals surface area contributed by atoms with Gasteiger partial charge in [-0.2, -0.15) is 0 Å². The van der Waals surface area contributed by atoms with Crippen molar-refractivity contribution in [2.24, 2.45) is 0 Å². The second kappa shape index (κ2) is 7.31. The summed E-state index contributed by atoms with van der Waals surface area (Å²) in [5, 5.41) is 0.997. The number of methoxy groups -OCH3 is 2. The van der Waals surface area contributed by atoms with Crippen molar-refractivity contribution in [1.29, 1.82) is 0 Å². The van der Waals surface area contributed by atoms with Crippen LogP contribution in [-0.2, 0) is 19.5 Å². The van der Waals surface area contributed by atoms with Crippen LogP contribution in [0.4, 0.5) is 0 Å². The molecule has 0 aliphatic heterocycles. The maximum atomic E-state index is 13.5. The number of benzene rings is 3. The van der Waals surface area contributed by atoms with Gasteiger partial charge in [0.05, 0.1) is 41.3 Å². The van der Waals surface area contributed by atoms with E-state index >= 15 is 0 Å². The van der Waals surface area contributed by atoms with Gasteiger partial charge in [0.25, 0.3) is 10.0 Å². The monoisotopic (exact) mass is 423 g/mol. The van der Waals surface area contributed by atoms with Crippen LogP contribution in [-0.4, -0.2) is 38.5 Å². The van der Waals surface area contributed by atoms with E-state index in [9.17, 15) is 18.0 Å². The molecule has 0 unspecified atom stereocenters. The van der Waals surface area contributed by atoms with E-state index in [2.05, 4.69) is 0 Å². The molecule has 0 spiro atoms. The zero-order chi connectivity index (χ0) is 21.5. The fourth-order valence-electron chi connectivity index (χ4n) is 3.43. The Bertz CT molecular complexity index is 1330. The van der Waals surface area contributed by atoms with Crippen molar-refractivity contribution in [3.05, 3.63) is 77.9 Å². The molecule has 0 aliphatic rings. The summed E-state index contributed by atoms with van der Waals surface area (Å²) in [4.78, 5) is 24.2. The number of esters is 2. The third-order valence-electron chi connectivity index (χ3n) is 4.84. The first-order chi connectivity index (χ1) is 14.4. The number of rotatable bonds is 4. The van der Waals surface area contributed by atoms with Crippen molar-refractivity contribution in [3.63, 3.8) is 0 Å². The molecular weight excluding hydrogens is 406 g/mol. The van der Waals surface area contributed by atoms with Crippen molar-refractivity contribution in [2.45, 2.75) is 4.90 Å². The number of ether oxygens (including phenoxy) is 2. The second-order valence-corrected chi connectivity index (χ2v) is 8.32. The highest BCUT2D eigenvalue weighted by Gasteiger charge is 2.24. The van der Waals surface area contributed by atoms with Crippen molar-refractivity contribution in [3.8, 4) is 0 Å². The highest BCUT2D eigenvalue weighted by Crippen LogP contribution is 2.34. The van der Waals surface area contributed by atoms with Crippen molar-refractivity contribution >= 4 is 43.8 Å². The van der Waals surface area contributed by atoms with E-state index in [1.165, 1.54) is 42.5 Å². The first-order valence-corrected chi connectivity index (χ1v) is 10.4. The van der Waals surface area contributed by atoms with Crippen LogP contribution in [0.1, 0.15) is 20.7 Å². The Hall–Kier alpha value is -3.65. The zero-order valence-electron chi connectivity index (χ0n) is 16.2. The largest absolute Gasteiger partial charge is 0.465 e. The van der Waals surface area contributed by atoms with Gasteiger partial charge >= 0.3 is 11.9 Å². The highest BCUT2D eigenvalue weighted by atomic mass is 32.2. The lowest BCUT2D eigenvalue weighted by Gasteiger charge is -2.09. The maximum absolute atomic E-state index is 13.5. The van der Waals surface area contributed by atoms with Crippen LogP contribution in [0.5, 0.6) is 0 Å². The van der Waals surface area contributed by atoms with Crippen LogP contribution in [0, 0.1) is 0 Å². The topological polar surface area (TPSA) is 91.7 Å². The van der Waals surface area contributed by atoms with E-state index in [0.29, 0.717) is 21.8 Å². The number of hydrogen-bond donors (Lipinski definition) is 0. The Labute approximate surface area is 172 Å². The molecule has 1 aromatic heterocycles. The molecule has 30 heavy (non-hydrogen) atoms. The Morgan fingerprint density at radius 3 is 1.63 bits per heavy atom. The summed E-state index contributed by atoms with van der Waals surface area (Å²) in [7, 11) is -1.40. The minimum atomic E-state index is -3.94. The van der Waals surface area contributed by atoms with E-state index in [0.717, 1.165) is 0 Å². The fraction of sp³-hybridized carbons (Fsp3) is 0.0909. The van der Waals surface area contributed by atoms with Crippen LogP contribution in [0.25, 0.3) is 21.8 Å². The Balaban J connectivity index is 2.11. The molecule has 0 fully saturated rings. The van der Waals surface area contributed by atoms with Crippen molar-refractivity contribution < 1.29 is 27.5 Å². The van der Waals surface area contributed by atoms with E-state index in [4.69, 9.17) is 9.47 Å². The Morgan fingerprint density at radius 2 is 1.20 bits per heavy atom. The Morgan fingerprint density at radius 1 is 0.733 bits per heavy atom. The zero-order valence-corrected chi connectivity index (χ0v) is 17.0. The van der Waals surface area contributed by atoms with Crippen LogP contribution in [0.3, 0.4) is 0 Å². The van der Waals surface area contributed by atoms with Gasteiger partial charge in [-0.3, -0.25) is 0 Å². The van der Waals surface area contributed by atoms with Gasteiger partial charge in [0.15, 0.2) is 0 Å². The Kier molecular flexibility index (Phi) is 4.79. The fourth-order valence-corrected chi connectivity index (χ4v) is 4.98.